The molecule has 0 bridgehead atoms. The first kappa shape index (κ1) is 19.9. The van der Waals surface area contributed by atoms with Crippen LogP contribution in [0.5, 0.6) is 0 Å². The molecule has 0 amide bonds. The second-order valence-corrected chi connectivity index (χ2v) is 6.09. The molecule has 3 heteroatoms. The summed E-state index contributed by atoms with van der Waals surface area (Å²) in [5.74, 6) is 0. The SMILES string of the molecule is CCCCCCCCCCCCCCNCCC(N)N. The molecular weight excluding hydrogens is 246 g/mol. The van der Waals surface area contributed by atoms with Crippen LogP contribution in [-0.2, 0) is 0 Å². The lowest BCUT2D eigenvalue weighted by Crippen LogP contribution is -2.34. The van der Waals surface area contributed by atoms with Gasteiger partial charge < -0.3 is 16.8 Å². The van der Waals surface area contributed by atoms with Gasteiger partial charge in [0.15, 0.2) is 0 Å². The van der Waals surface area contributed by atoms with Crippen molar-refractivity contribution in [2.24, 2.45) is 11.5 Å². The average molecular weight is 286 g/mol. The largest absolute Gasteiger partial charge is 0.317 e. The Hall–Kier alpha value is -0.120. The topological polar surface area (TPSA) is 64.1 Å². The minimum Gasteiger partial charge on any atom is -0.317 e. The van der Waals surface area contributed by atoms with Crippen molar-refractivity contribution >= 4 is 0 Å². The zero-order valence-corrected chi connectivity index (χ0v) is 13.8. The molecule has 122 valence electrons. The summed E-state index contributed by atoms with van der Waals surface area (Å²) in [6, 6.07) is 0. The van der Waals surface area contributed by atoms with Gasteiger partial charge in [-0.2, -0.15) is 0 Å². The van der Waals surface area contributed by atoms with Crippen LogP contribution in [0.2, 0.25) is 0 Å². The summed E-state index contributed by atoms with van der Waals surface area (Å²) in [6.45, 7) is 4.35. The number of unbranched alkanes of at least 4 members (excludes halogenated alkanes) is 11. The molecule has 0 aliphatic heterocycles. The predicted octanol–water partition coefficient (Wildman–Crippen LogP) is 3.91. The first-order chi connectivity index (χ1) is 9.77. The summed E-state index contributed by atoms with van der Waals surface area (Å²) >= 11 is 0. The zero-order valence-electron chi connectivity index (χ0n) is 13.8. The Kier molecular flexibility index (Phi) is 16.8. The van der Waals surface area contributed by atoms with Crippen molar-refractivity contribution in [3.63, 3.8) is 0 Å². The van der Waals surface area contributed by atoms with E-state index in [1.807, 2.05) is 0 Å². The molecule has 0 spiro atoms. The highest BCUT2D eigenvalue weighted by Crippen LogP contribution is 2.11. The predicted molar refractivity (Wildman–Crippen MR) is 90.7 cm³/mol. The van der Waals surface area contributed by atoms with E-state index < -0.39 is 0 Å². The number of hydrogen-bond donors (Lipinski definition) is 3. The molecule has 0 aromatic carbocycles. The van der Waals surface area contributed by atoms with Gasteiger partial charge in [-0.3, -0.25) is 0 Å². The van der Waals surface area contributed by atoms with Gasteiger partial charge in [0.1, 0.15) is 0 Å². The van der Waals surface area contributed by atoms with Crippen molar-refractivity contribution < 1.29 is 0 Å². The van der Waals surface area contributed by atoms with Crippen LogP contribution in [0.1, 0.15) is 90.4 Å². The lowest BCUT2D eigenvalue weighted by atomic mass is 10.1. The van der Waals surface area contributed by atoms with Gasteiger partial charge in [0, 0.05) is 0 Å². The van der Waals surface area contributed by atoms with E-state index >= 15 is 0 Å². The molecule has 0 atom stereocenters. The molecule has 0 aromatic rings. The first-order valence-electron chi connectivity index (χ1n) is 8.99. The van der Waals surface area contributed by atoms with E-state index in [0.717, 1.165) is 19.5 Å². The Labute approximate surface area is 127 Å². The fourth-order valence-electron chi connectivity index (χ4n) is 2.48. The van der Waals surface area contributed by atoms with Crippen LogP contribution < -0.4 is 16.8 Å². The normalized spacial score (nSPS) is 11.4. The highest BCUT2D eigenvalue weighted by atomic mass is 14.9. The van der Waals surface area contributed by atoms with E-state index in [0.29, 0.717) is 0 Å². The summed E-state index contributed by atoms with van der Waals surface area (Å²) in [4.78, 5) is 0. The monoisotopic (exact) mass is 285 g/mol. The van der Waals surface area contributed by atoms with Crippen molar-refractivity contribution in [3.05, 3.63) is 0 Å². The lowest BCUT2D eigenvalue weighted by Gasteiger charge is -2.07. The number of nitrogens with two attached hydrogens (primary N) is 2. The van der Waals surface area contributed by atoms with E-state index in [1.165, 1.54) is 77.0 Å². The average Bonchev–Trinajstić information content (AvgIpc) is 2.43. The second kappa shape index (κ2) is 16.9. The maximum Gasteiger partial charge on any atom is 0.0533 e. The molecule has 0 radical (unpaired) electrons. The van der Waals surface area contributed by atoms with E-state index in [2.05, 4.69) is 12.2 Å². The Bertz CT molecular complexity index is 172. The molecule has 0 fully saturated rings. The van der Waals surface area contributed by atoms with Crippen LogP contribution in [0.25, 0.3) is 0 Å². The molecule has 0 saturated heterocycles. The smallest absolute Gasteiger partial charge is 0.0533 e. The van der Waals surface area contributed by atoms with Gasteiger partial charge in [-0.05, 0) is 25.9 Å². The molecule has 0 rings (SSSR count). The van der Waals surface area contributed by atoms with E-state index in [4.69, 9.17) is 11.5 Å². The van der Waals surface area contributed by atoms with Crippen molar-refractivity contribution in [3.8, 4) is 0 Å². The Morgan fingerprint density at radius 1 is 0.650 bits per heavy atom. The molecule has 0 aromatic heterocycles. The number of rotatable bonds is 16. The molecule has 20 heavy (non-hydrogen) atoms. The molecule has 3 nitrogen and oxygen atoms in total. The van der Waals surface area contributed by atoms with Crippen LogP contribution in [0.4, 0.5) is 0 Å². The minimum absolute atomic E-state index is 0.163. The van der Waals surface area contributed by atoms with Crippen molar-refractivity contribution in [1.29, 1.82) is 0 Å². The van der Waals surface area contributed by atoms with Crippen molar-refractivity contribution in [2.75, 3.05) is 13.1 Å². The van der Waals surface area contributed by atoms with Crippen LogP contribution >= 0.6 is 0 Å². The van der Waals surface area contributed by atoms with Crippen LogP contribution in [-0.4, -0.2) is 19.3 Å². The summed E-state index contributed by atoms with van der Waals surface area (Å²) in [7, 11) is 0. The zero-order chi connectivity index (χ0) is 14.9. The van der Waals surface area contributed by atoms with Gasteiger partial charge in [-0.25, -0.2) is 0 Å². The molecule has 5 N–H and O–H groups in total. The summed E-state index contributed by atoms with van der Waals surface area (Å²) in [5, 5.41) is 3.39. The summed E-state index contributed by atoms with van der Waals surface area (Å²) in [6.07, 6.45) is 17.6. The van der Waals surface area contributed by atoms with E-state index in [9.17, 15) is 0 Å². The third-order valence-electron chi connectivity index (χ3n) is 3.86. The van der Waals surface area contributed by atoms with Gasteiger partial charge in [-0.15, -0.1) is 0 Å². The Balaban J connectivity index is 2.92. The number of hydrogen-bond acceptors (Lipinski definition) is 3. The quantitative estimate of drug-likeness (QED) is 0.297. The van der Waals surface area contributed by atoms with Gasteiger partial charge in [0.2, 0.25) is 0 Å². The van der Waals surface area contributed by atoms with Crippen LogP contribution in [0.15, 0.2) is 0 Å². The Morgan fingerprint density at radius 3 is 1.55 bits per heavy atom. The molecule has 0 unspecified atom stereocenters. The highest BCUT2D eigenvalue weighted by Gasteiger charge is 1.95. The van der Waals surface area contributed by atoms with Gasteiger partial charge in [0.05, 0.1) is 6.17 Å². The number of nitrogens with one attached hydrogen (secondary N) is 1. The minimum atomic E-state index is -0.163. The lowest BCUT2D eigenvalue weighted by molar-refractivity contribution is 0.525. The molecule has 0 aliphatic rings. The van der Waals surface area contributed by atoms with Gasteiger partial charge in [-0.1, -0.05) is 77.6 Å². The van der Waals surface area contributed by atoms with Crippen LogP contribution in [0.3, 0.4) is 0 Å². The fraction of sp³-hybridized carbons (Fsp3) is 1.00. The van der Waals surface area contributed by atoms with Gasteiger partial charge >= 0.3 is 0 Å². The maximum absolute atomic E-state index is 5.48. The fourth-order valence-corrected chi connectivity index (χ4v) is 2.48. The van der Waals surface area contributed by atoms with Crippen molar-refractivity contribution in [2.45, 2.75) is 96.6 Å². The summed E-state index contributed by atoms with van der Waals surface area (Å²) in [5.41, 5.74) is 11.0. The van der Waals surface area contributed by atoms with Gasteiger partial charge in [0.25, 0.3) is 0 Å². The molecule has 0 heterocycles. The first-order valence-corrected chi connectivity index (χ1v) is 8.99. The molecule has 0 aliphatic carbocycles. The maximum atomic E-state index is 5.48. The van der Waals surface area contributed by atoms with E-state index in [-0.39, 0.29) is 6.17 Å². The van der Waals surface area contributed by atoms with E-state index in [1.54, 1.807) is 0 Å². The molecule has 0 saturated carbocycles. The second-order valence-electron chi connectivity index (χ2n) is 6.09. The Morgan fingerprint density at radius 2 is 1.10 bits per heavy atom. The molecular formula is C17H39N3. The third kappa shape index (κ3) is 17.9. The van der Waals surface area contributed by atoms with Crippen molar-refractivity contribution in [1.82, 2.24) is 5.32 Å². The standard InChI is InChI=1S/C17H39N3/c1-2-3-4-5-6-7-8-9-10-11-12-13-15-20-16-14-17(18)19/h17,20H,2-16,18-19H2,1H3. The highest BCUT2D eigenvalue weighted by molar-refractivity contribution is 4.55. The third-order valence-corrected chi connectivity index (χ3v) is 3.86. The van der Waals surface area contributed by atoms with Crippen LogP contribution in [0, 0.1) is 0 Å². The summed E-state index contributed by atoms with van der Waals surface area (Å²) < 4.78 is 0.